The Morgan fingerprint density at radius 1 is 1.16 bits per heavy atom. The van der Waals surface area contributed by atoms with Gasteiger partial charge in [0.1, 0.15) is 29.4 Å². The highest BCUT2D eigenvalue weighted by Gasteiger charge is 2.28. The number of nitrogens with zero attached hydrogens (tertiary/aromatic N) is 2. The number of anilines is 1. The molecule has 31 heavy (non-hydrogen) atoms. The van der Waals surface area contributed by atoms with E-state index in [4.69, 9.17) is 14.0 Å². The van der Waals surface area contributed by atoms with Gasteiger partial charge in [-0.25, -0.2) is 0 Å². The minimum atomic E-state index is -0.188. The molecule has 1 aliphatic rings. The zero-order valence-electron chi connectivity index (χ0n) is 18.0. The number of carbonyl (C=O) groups is 1. The van der Waals surface area contributed by atoms with Gasteiger partial charge in [0.25, 0.3) is 5.91 Å². The van der Waals surface area contributed by atoms with Crippen LogP contribution in [0.25, 0.3) is 0 Å². The van der Waals surface area contributed by atoms with Crippen LogP contribution >= 0.6 is 0 Å². The molecule has 0 spiro atoms. The van der Waals surface area contributed by atoms with Crippen molar-refractivity contribution in [1.82, 2.24) is 10.5 Å². The SMILES string of the molecule is CCOc1ccc(OC2CN(c3ccc([C@H](C)NC(=O)c4conc4C)cc3)C2)cc1. The molecule has 0 radical (unpaired) electrons. The summed E-state index contributed by atoms with van der Waals surface area (Å²) in [7, 11) is 0. The first kappa shape index (κ1) is 20.8. The Hall–Kier alpha value is -3.48. The molecule has 1 amide bonds. The number of hydrogen-bond donors (Lipinski definition) is 1. The van der Waals surface area contributed by atoms with Gasteiger partial charge in [-0.15, -0.1) is 0 Å². The second-order valence-electron chi connectivity index (χ2n) is 7.65. The summed E-state index contributed by atoms with van der Waals surface area (Å²) in [4.78, 5) is 14.6. The molecule has 0 unspecified atom stereocenters. The molecule has 1 aliphatic heterocycles. The molecular weight excluding hydrogens is 394 g/mol. The lowest BCUT2D eigenvalue weighted by molar-refractivity contribution is 0.0938. The summed E-state index contributed by atoms with van der Waals surface area (Å²) in [5, 5.41) is 6.73. The lowest BCUT2D eigenvalue weighted by atomic mass is 10.1. The summed E-state index contributed by atoms with van der Waals surface area (Å²) in [6.07, 6.45) is 1.54. The Bertz CT molecular complexity index is 1010. The van der Waals surface area contributed by atoms with Gasteiger partial charge >= 0.3 is 0 Å². The van der Waals surface area contributed by atoms with Crippen LogP contribution in [0, 0.1) is 6.92 Å². The van der Waals surface area contributed by atoms with Crippen molar-refractivity contribution < 1.29 is 18.8 Å². The second-order valence-corrected chi connectivity index (χ2v) is 7.65. The Balaban J connectivity index is 1.27. The third-order valence-electron chi connectivity index (χ3n) is 5.39. The normalized spacial score (nSPS) is 14.6. The standard InChI is InChI=1S/C24H27N3O4/c1-4-29-20-9-11-21(12-10-20)31-22-13-27(14-22)19-7-5-18(6-8-19)16(2)25-24(28)23-15-30-26-17(23)3/h5-12,15-16,22H,4,13-14H2,1-3H3,(H,25,28)/t16-/m0/s1. The molecule has 7 nitrogen and oxygen atoms in total. The van der Waals surface area contributed by atoms with E-state index in [2.05, 4.69) is 27.5 Å². The maximum atomic E-state index is 12.3. The fourth-order valence-electron chi connectivity index (χ4n) is 3.54. The maximum absolute atomic E-state index is 12.3. The molecular formula is C24H27N3O4. The number of ether oxygens (including phenoxy) is 2. The number of aromatic nitrogens is 1. The molecule has 1 fully saturated rings. The van der Waals surface area contributed by atoms with E-state index in [0.717, 1.165) is 35.8 Å². The molecule has 3 aromatic rings. The smallest absolute Gasteiger partial charge is 0.256 e. The van der Waals surface area contributed by atoms with E-state index in [1.165, 1.54) is 6.26 Å². The summed E-state index contributed by atoms with van der Waals surface area (Å²) in [6, 6.07) is 15.9. The number of hydrogen-bond acceptors (Lipinski definition) is 6. The van der Waals surface area contributed by atoms with E-state index in [-0.39, 0.29) is 18.1 Å². The Kier molecular flexibility index (Phi) is 6.11. The molecule has 7 heteroatoms. The minimum Gasteiger partial charge on any atom is -0.494 e. The summed E-state index contributed by atoms with van der Waals surface area (Å²) in [5.41, 5.74) is 3.22. The van der Waals surface area contributed by atoms with Gasteiger partial charge < -0.3 is 24.2 Å². The molecule has 1 N–H and O–H groups in total. The van der Waals surface area contributed by atoms with Crippen LogP contribution in [0.5, 0.6) is 11.5 Å². The van der Waals surface area contributed by atoms with Crippen molar-refractivity contribution in [3.63, 3.8) is 0 Å². The Morgan fingerprint density at radius 2 is 1.84 bits per heavy atom. The van der Waals surface area contributed by atoms with Crippen LogP contribution in [0.4, 0.5) is 5.69 Å². The predicted octanol–water partition coefficient (Wildman–Crippen LogP) is 4.14. The largest absolute Gasteiger partial charge is 0.494 e. The van der Waals surface area contributed by atoms with E-state index < -0.39 is 0 Å². The number of carbonyl (C=O) groups excluding carboxylic acids is 1. The summed E-state index contributed by atoms with van der Waals surface area (Å²) < 4.78 is 16.3. The first-order chi connectivity index (χ1) is 15.0. The number of nitrogens with one attached hydrogen (secondary N) is 1. The minimum absolute atomic E-state index is 0.122. The summed E-state index contributed by atoms with van der Waals surface area (Å²) in [5.74, 6) is 1.52. The fourth-order valence-corrected chi connectivity index (χ4v) is 3.54. The van der Waals surface area contributed by atoms with Crippen LogP contribution in [0.1, 0.15) is 41.5 Å². The van der Waals surface area contributed by atoms with Crippen LogP contribution in [0.3, 0.4) is 0 Å². The van der Waals surface area contributed by atoms with Gasteiger partial charge in [-0.1, -0.05) is 17.3 Å². The molecule has 4 rings (SSSR count). The van der Waals surface area contributed by atoms with Gasteiger partial charge in [0.15, 0.2) is 0 Å². The molecule has 2 heterocycles. The highest BCUT2D eigenvalue weighted by molar-refractivity contribution is 5.95. The van der Waals surface area contributed by atoms with Gasteiger partial charge in [0.05, 0.1) is 31.4 Å². The number of aryl methyl sites for hydroxylation is 1. The zero-order valence-corrected chi connectivity index (χ0v) is 18.0. The average molecular weight is 421 g/mol. The van der Waals surface area contributed by atoms with E-state index >= 15 is 0 Å². The van der Waals surface area contributed by atoms with Crippen LogP contribution in [0.15, 0.2) is 59.3 Å². The van der Waals surface area contributed by atoms with E-state index in [1.54, 1.807) is 6.92 Å². The van der Waals surface area contributed by atoms with Crippen molar-refractivity contribution in [3.05, 3.63) is 71.6 Å². The van der Waals surface area contributed by atoms with Crippen LogP contribution in [0.2, 0.25) is 0 Å². The van der Waals surface area contributed by atoms with Crippen molar-refractivity contribution >= 4 is 11.6 Å². The quantitative estimate of drug-likeness (QED) is 0.589. The van der Waals surface area contributed by atoms with E-state index in [1.807, 2.05) is 50.2 Å². The molecule has 162 valence electrons. The molecule has 1 atom stereocenters. The lowest BCUT2D eigenvalue weighted by Gasteiger charge is -2.40. The van der Waals surface area contributed by atoms with Crippen molar-refractivity contribution in [3.8, 4) is 11.5 Å². The maximum Gasteiger partial charge on any atom is 0.256 e. The first-order valence-electron chi connectivity index (χ1n) is 10.5. The highest BCUT2D eigenvalue weighted by atomic mass is 16.5. The summed E-state index contributed by atoms with van der Waals surface area (Å²) in [6.45, 7) is 8.01. The van der Waals surface area contributed by atoms with E-state index in [9.17, 15) is 4.79 Å². The number of rotatable bonds is 8. The van der Waals surface area contributed by atoms with Gasteiger partial charge in [-0.2, -0.15) is 0 Å². The van der Waals surface area contributed by atoms with Crippen molar-refractivity contribution in [2.75, 3.05) is 24.6 Å². The zero-order chi connectivity index (χ0) is 21.8. The summed E-state index contributed by atoms with van der Waals surface area (Å²) >= 11 is 0. The van der Waals surface area contributed by atoms with Crippen LogP contribution < -0.4 is 19.7 Å². The molecule has 0 bridgehead atoms. The van der Waals surface area contributed by atoms with Gasteiger partial charge in [-0.3, -0.25) is 4.79 Å². The van der Waals surface area contributed by atoms with Crippen LogP contribution in [-0.2, 0) is 0 Å². The molecule has 2 aromatic carbocycles. The van der Waals surface area contributed by atoms with Crippen LogP contribution in [-0.4, -0.2) is 36.9 Å². The van der Waals surface area contributed by atoms with E-state index in [0.29, 0.717) is 17.9 Å². The third kappa shape index (κ3) is 4.82. The van der Waals surface area contributed by atoms with Gasteiger partial charge in [0, 0.05) is 5.69 Å². The van der Waals surface area contributed by atoms with Crippen molar-refractivity contribution in [2.45, 2.75) is 32.9 Å². The Labute approximate surface area is 181 Å². The first-order valence-corrected chi connectivity index (χ1v) is 10.5. The van der Waals surface area contributed by atoms with Crippen molar-refractivity contribution in [2.24, 2.45) is 0 Å². The molecule has 0 aliphatic carbocycles. The number of benzene rings is 2. The monoisotopic (exact) mass is 421 g/mol. The topological polar surface area (TPSA) is 76.8 Å². The highest BCUT2D eigenvalue weighted by Crippen LogP contribution is 2.27. The number of amides is 1. The second kappa shape index (κ2) is 9.12. The van der Waals surface area contributed by atoms with Crippen molar-refractivity contribution in [1.29, 1.82) is 0 Å². The fraction of sp³-hybridized carbons (Fsp3) is 0.333. The third-order valence-corrected chi connectivity index (χ3v) is 5.39. The Morgan fingerprint density at radius 3 is 2.45 bits per heavy atom. The molecule has 0 saturated carbocycles. The van der Waals surface area contributed by atoms with Gasteiger partial charge in [-0.05, 0) is 62.7 Å². The molecule has 1 aromatic heterocycles. The molecule has 1 saturated heterocycles. The predicted molar refractivity (Wildman–Crippen MR) is 118 cm³/mol. The average Bonchev–Trinajstić information content (AvgIpc) is 3.18. The lowest BCUT2D eigenvalue weighted by Crippen LogP contribution is -2.54. The van der Waals surface area contributed by atoms with Gasteiger partial charge in [0.2, 0.25) is 0 Å².